The molecule has 0 unspecified atom stereocenters. The molecule has 0 spiro atoms. The number of H-pyrrole nitrogens is 1. The zero-order chi connectivity index (χ0) is 16.1. The van der Waals surface area contributed by atoms with Crippen molar-refractivity contribution in [3.8, 4) is 0 Å². The minimum absolute atomic E-state index is 0.0794. The molecule has 1 saturated heterocycles. The maximum atomic E-state index is 13.0. The van der Waals surface area contributed by atoms with Gasteiger partial charge in [-0.3, -0.25) is 5.10 Å². The molecule has 0 saturated carbocycles. The van der Waals surface area contributed by atoms with Gasteiger partial charge in [0.25, 0.3) is 0 Å². The number of nitrogens with one attached hydrogen (secondary N) is 1. The van der Waals surface area contributed by atoms with E-state index in [1.165, 1.54) is 4.31 Å². The highest BCUT2D eigenvalue weighted by Gasteiger charge is 2.44. The summed E-state index contributed by atoms with van der Waals surface area (Å²) in [5.41, 5.74) is 5.40. The van der Waals surface area contributed by atoms with E-state index in [1.807, 2.05) is 27.7 Å². The smallest absolute Gasteiger partial charge is 0.246 e. The summed E-state index contributed by atoms with van der Waals surface area (Å²) in [5, 5.41) is 6.69. The van der Waals surface area contributed by atoms with Crippen LogP contribution in [0.2, 0.25) is 0 Å². The largest absolute Gasteiger partial charge is 0.367 e. The Bertz CT molecular complexity index is 618. The molecule has 0 amide bonds. The third-order valence-electron chi connectivity index (χ3n) is 3.42. The summed E-state index contributed by atoms with van der Waals surface area (Å²) in [6.07, 6.45) is 0. The number of aryl methyl sites for hydroxylation is 1. The van der Waals surface area contributed by atoms with E-state index in [0.29, 0.717) is 24.5 Å². The number of aromatic amines is 1. The average molecular weight is 316 g/mol. The number of ether oxygens (including phenoxy) is 1. The van der Waals surface area contributed by atoms with Crippen LogP contribution < -0.4 is 5.73 Å². The van der Waals surface area contributed by atoms with Crippen molar-refractivity contribution in [3.63, 3.8) is 0 Å². The fourth-order valence-corrected chi connectivity index (χ4v) is 5.05. The fourth-order valence-electron chi connectivity index (χ4n) is 2.97. The molecule has 120 valence electrons. The summed E-state index contributed by atoms with van der Waals surface area (Å²) in [4.78, 5) is 0.193. The summed E-state index contributed by atoms with van der Waals surface area (Å²) >= 11 is 0. The van der Waals surface area contributed by atoms with Gasteiger partial charge in [0.15, 0.2) is 0 Å². The Labute approximate surface area is 125 Å². The Morgan fingerprint density at radius 1 is 1.29 bits per heavy atom. The SMILES string of the molecule is Cc1[nH]nc(CN)c1S(=O)(=O)N1CC(C)(C)OC(C)(C)C1. The number of nitrogens with zero attached hydrogens (tertiary/aromatic N) is 2. The van der Waals surface area contributed by atoms with Crippen molar-refractivity contribution >= 4 is 10.0 Å². The zero-order valence-corrected chi connectivity index (χ0v) is 14.0. The topological polar surface area (TPSA) is 101 Å². The molecular weight excluding hydrogens is 292 g/mol. The van der Waals surface area contributed by atoms with E-state index >= 15 is 0 Å². The van der Waals surface area contributed by atoms with Crippen LogP contribution in [0.3, 0.4) is 0 Å². The highest BCUT2D eigenvalue weighted by atomic mass is 32.2. The van der Waals surface area contributed by atoms with Crippen LogP contribution in [-0.4, -0.2) is 47.2 Å². The summed E-state index contributed by atoms with van der Waals surface area (Å²) in [5.74, 6) is 0. The highest BCUT2D eigenvalue weighted by Crippen LogP contribution is 2.32. The lowest BCUT2D eigenvalue weighted by molar-refractivity contribution is -0.163. The Kier molecular flexibility index (Phi) is 3.94. The third kappa shape index (κ3) is 3.13. The zero-order valence-electron chi connectivity index (χ0n) is 13.2. The molecule has 0 bridgehead atoms. The molecule has 0 atom stereocenters. The van der Waals surface area contributed by atoms with Crippen LogP contribution in [-0.2, 0) is 21.3 Å². The van der Waals surface area contributed by atoms with E-state index in [9.17, 15) is 8.42 Å². The molecule has 1 fully saturated rings. The predicted octanol–water partition coefficient (Wildman–Crippen LogP) is 0.755. The molecule has 1 aliphatic rings. The monoisotopic (exact) mass is 316 g/mol. The second kappa shape index (κ2) is 5.05. The van der Waals surface area contributed by atoms with Gasteiger partial charge in [0.05, 0.1) is 22.6 Å². The van der Waals surface area contributed by atoms with Crippen molar-refractivity contribution in [2.24, 2.45) is 5.73 Å². The maximum Gasteiger partial charge on any atom is 0.246 e. The molecule has 8 heteroatoms. The first-order valence-electron chi connectivity index (χ1n) is 6.93. The Balaban J connectivity index is 2.46. The Morgan fingerprint density at radius 2 is 1.81 bits per heavy atom. The summed E-state index contributed by atoms with van der Waals surface area (Å²) in [6, 6.07) is 0. The number of morpholine rings is 1. The van der Waals surface area contributed by atoms with Gasteiger partial charge < -0.3 is 10.5 Å². The lowest BCUT2D eigenvalue weighted by Crippen LogP contribution is -2.58. The van der Waals surface area contributed by atoms with Gasteiger partial charge in [-0.2, -0.15) is 9.40 Å². The minimum Gasteiger partial charge on any atom is -0.367 e. The van der Waals surface area contributed by atoms with Crippen molar-refractivity contribution in [1.29, 1.82) is 0 Å². The molecule has 2 heterocycles. The van der Waals surface area contributed by atoms with Gasteiger partial charge in [0.2, 0.25) is 10.0 Å². The van der Waals surface area contributed by atoms with Crippen LogP contribution in [0.15, 0.2) is 4.90 Å². The van der Waals surface area contributed by atoms with Crippen LogP contribution in [0.1, 0.15) is 39.1 Å². The van der Waals surface area contributed by atoms with E-state index in [-0.39, 0.29) is 11.4 Å². The van der Waals surface area contributed by atoms with E-state index in [4.69, 9.17) is 10.5 Å². The van der Waals surface area contributed by atoms with Crippen molar-refractivity contribution in [2.45, 2.75) is 57.3 Å². The van der Waals surface area contributed by atoms with Crippen LogP contribution in [0.25, 0.3) is 0 Å². The maximum absolute atomic E-state index is 13.0. The fraction of sp³-hybridized carbons (Fsp3) is 0.769. The van der Waals surface area contributed by atoms with Gasteiger partial charge in [0.1, 0.15) is 4.90 Å². The van der Waals surface area contributed by atoms with Gasteiger partial charge in [-0.15, -0.1) is 0 Å². The molecule has 21 heavy (non-hydrogen) atoms. The van der Waals surface area contributed by atoms with Gasteiger partial charge in [-0.25, -0.2) is 8.42 Å². The molecule has 3 N–H and O–H groups in total. The Morgan fingerprint density at radius 3 is 2.29 bits per heavy atom. The van der Waals surface area contributed by atoms with Crippen molar-refractivity contribution in [3.05, 3.63) is 11.4 Å². The van der Waals surface area contributed by atoms with Crippen molar-refractivity contribution < 1.29 is 13.2 Å². The summed E-state index contributed by atoms with van der Waals surface area (Å²) < 4.78 is 33.4. The molecule has 0 aromatic carbocycles. The van der Waals surface area contributed by atoms with Gasteiger partial charge in [0, 0.05) is 19.6 Å². The molecule has 2 rings (SSSR count). The molecular formula is C13H24N4O3S. The summed E-state index contributed by atoms with van der Waals surface area (Å²) in [7, 11) is -3.65. The molecule has 1 aliphatic heterocycles. The van der Waals surface area contributed by atoms with Crippen LogP contribution >= 0.6 is 0 Å². The average Bonchev–Trinajstić information content (AvgIpc) is 2.66. The highest BCUT2D eigenvalue weighted by molar-refractivity contribution is 7.89. The first-order chi connectivity index (χ1) is 9.48. The van der Waals surface area contributed by atoms with Crippen LogP contribution in [0.5, 0.6) is 0 Å². The summed E-state index contributed by atoms with van der Waals surface area (Å²) in [6.45, 7) is 9.93. The lowest BCUT2D eigenvalue weighted by Gasteiger charge is -2.46. The van der Waals surface area contributed by atoms with Crippen molar-refractivity contribution in [1.82, 2.24) is 14.5 Å². The molecule has 7 nitrogen and oxygen atoms in total. The lowest BCUT2D eigenvalue weighted by atomic mass is 10.0. The third-order valence-corrected chi connectivity index (χ3v) is 5.42. The van der Waals surface area contributed by atoms with E-state index < -0.39 is 21.2 Å². The van der Waals surface area contributed by atoms with Gasteiger partial charge >= 0.3 is 0 Å². The van der Waals surface area contributed by atoms with Gasteiger partial charge in [-0.05, 0) is 34.6 Å². The van der Waals surface area contributed by atoms with Crippen molar-refractivity contribution in [2.75, 3.05) is 13.1 Å². The quantitative estimate of drug-likeness (QED) is 0.857. The standard InChI is InChI=1S/C13H24N4O3S/c1-9-11(10(6-14)16-15-9)21(18,19)17-7-12(2,3)20-13(4,5)8-17/h6-8,14H2,1-5H3,(H,15,16). The van der Waals surface area contributed by atoms with Crippen LogP contribution in [0.4, 0.5) is 0 Å². The van der Waals surface area contributed by atoms with E-state index in [2.05, 4.69) is 10.2 Å². The number of hydrogen-bond acceptors (Lipinski definition) is 5. The normalized spacial score (nSPS) is 22.4. The van der Waals surface area contributed by atoms with Gasteiger partial charge in [-0.1, -0.05) is 0 Å². The Hall–Kier alpha value is -0.960. The second-order valence-electron chi connectivity index (χ2n) is 6.72. The number of rotatable bonds is 3. The number of sulfonamides is 1. The molecule has 1 aromatic heterocycles. The number of aromatic nitrogens is 2. The first kappa shape index (κ1) is 16.4. The number of hydrogen-bond donors (Lipinski definition) is 2. The molecule has 0 radical (unpaired) electrons. The second-order valence-corrected chi connectivity index (χ2v) is 8.60. The molecule has 0 aliphatic carbocycles. The van der Waals surface area contributed by atoms with E-state index in [0.717, 1.165) is 0 Å². The molecule has 1 aromatic rings. The minimum atomic E-state index is -3.65. The first-order valence-corrected chi connectivity index (χ1v) is 8.37. The van der Waals surface area contributed by atoms with Crippen LogP contribution in [0, 0.1) is 6.92 Å². The predicted molar refractivity (Wildman–Crippen MR) is 79.2 cm³/mol. The van der Waals surface area contributed by atoms with E-state index in [1.54, 1.807) is 6.92 Å². The number of nitrogens with two attached hydrogens (primary N) is 1.